The molecule has 2 atom stereocenters. The van der Waals surface area contributed by atoms with E-state index in [1.54, 1.807) is 6.92 Å². The van der Waals surface area contributed by atoms with Gasteiger partial charge < -0.3 is 0 Å². The standard InChI is InChI=1S/C19H17F3N4O6S2/c1-11-10-18(11)16(27)25(12-3-5-14(6-4-12)34(31,32)19(20,21)22)17(28)26(18)13-7-8-23-15(9-13)24-33(2,29)30/h3-9,11H,10H2,1-2H3,(H,23,24). The molecule has 0 bridgehead atoms. The number of benzene rings is 1. The molecule has 1 aromatic carbocycles. The number of hydrogen-bond acceptors (Lipinski definition) is 7. The fourth-order valence-corrected chi connectivity index (χ4v) is 5.20. The molecular formula is C19H17F3N4O6S2. The summed E-state index contributed by atoms with van der Waals surface area (Å²) >= 11 is 0. The number of urea groups is 1. The first-order valence-electron chi connectivity index (χ1n) is 9.63. The fourth-order valence-electron chi connectivity index (χ4n) is 3.95. The molecule has 34 heavy (non-hydrogen) atoms. The number of aromatic nitrogens is 1. The van der Waals surface area contributed by atoms with Gasteiger partial charge in [0.25, 0.3) is 15.7 Å². The number of amides is 3. The van der Waals surface area contributed by atoms with E-state index in [9.17, 15) is 39.6 Å². The molecule has 2 aromatic rings. The number of pyridine rings is 1. The molecule has 1 aromatic heterocycles. The zero-order chi connectivity index (χ0) is 25.3. The molecule has 1 saturated carbocycles. The summed E-state index contributed by atoms with van der Waals surface area (Å²) in [5, 5.41) is 0. The quantitative estimate of drug-likeness (QED) is 0.601. The van der Waals surface area contributed by atoms with Crippen molar-refractivity contribution in [3.63, 3.8) is 0 Å². The van der Waals surface area contributed by atoms with Crippen molar-refractivity contribution in [1.82, 2.24) is 4.98 Å². The predicted octanol–water partition coefficient (Wildman–Crippen LogP) is 2.50. The SMILES string of the molecule is CC1CC12C(=O)N(c1ccc(S(=O)(=O)C(F)(F)F)cc1)C(=O)N2c1ccnc(NS(C)(=O)=O)c1. The molecule has 2 fully saturated rings. The van der Waals surface area contributed by atoms with Crippen LogP contribution in [-0.4, -0.2) is 51.1 Å². The average Bonchev–Trinajstić information content (AvgIpc) is 3.32. The lowest BCUT2D eigenvalue weighted by molar-refractivity contribution is -0.119. The number of imide groups is 1. The van der Waals surface area contributed by atoms with Crippen LogP contribution in [0, 0.1) is 5.92 Å². The Morgan fingerprint density at radius 3 is 2.15 bits per heavy atom. The number of nitrogens with one attached hydrogen (secondary N) is 1. The van der Waals surface area contributed by atoms with Gasteiger partial charge in [-0.2, -0.15) is 13.2 Å². The molecule has 1 spiro atoms. The second kappa shape index (κ2) is 7.40. The Kier molecular flexibility index (Phi) is 5.21. The molecule has 10 nitrogen and oxygen atoms in total. The van der Waals surface area contributed by atoms with Gasteiger partial charge >= 0.3 is 11.5 Å². The minimum Gasteiger partial charge on any atom is -0.278 e. The number of carbonyl (C=O) groups excluding carboxylic acids is 2. The summed E-state index contributed by atoms with van der Waals surface area (Å²) < 4.78 is 86.9. The Labute approximate surface area is 192 Å². The number of hydrogen-bond donors (Lipinski definition) is 1. The smallest absolute Gasteiger partial charge is 0.278 e. The number of alkyl halides is 3. The summed E-state index contributed by atoms with van der Waals surface area (Å²) in [6, 6.07) is 5.10. The number of rotatable bonds is 5. The molecule has 1 aliphatic heterocycles. The minimum absolute atomic E-state index is 0.0798. The first kappa shape index (κ1) is 23.9. The van der Waals surface area contributed by atoms with Crippen LogP contribution in [0.15, 0.2) is 47.5 Å². The highest BCUT2D eigenvalue weighted by molar-refractivity contribution is 7.92. The zero-order valence-corrected chi connectivity index (χ0v) is 19.2. The van der Waals surface area contributed by atoms with E-state index in [1.165, 1.54) is 23.2 Å². The molecule has 1 saturated heterocycles. The summed E-state index contributed by atoms with van der Waals surface area (Å²) in [6.07, 6.45) is 2.47. The van der Waals surface area contributed by atoms with Gasteiger partial charge in [-0.1, -0.05) is 6.92 Å². The lowest BCUT2D eigenvalue weighted by atomic mass is 10.1. The molecule has 15 heteroatoms. The summed E-state index contributed by atoms with van der Waals surface area (Å²) in [6.45, 7) is 1.73. The van der Waals surface area contributed by atoms with Gasteiger partial charge in [0.05, 0.1) is 22.5 Å². The first-order chi connectivity index (χ1) is 15.6. The number of nitrogens with zero attached hydrogens (tertiary/aromatic N) is 3. The second-order valence-electron chi connectivity index (χ2n) is 8.00. The van der Waals surface area contributed by atoms with Crippen LogP contribution >= 0.6 is 0 Å². The van der Waals surface area contributed by atoms with Gasteiger partial charge in [-0.25, -0.2) is 31.5 Å². The van der Waals surface area contributed by atoms with Crippen molar-refractivity contribution in [1.29, 1.82) is 0 Å². The van der Waals surface area contributed by atoms with Gasteiger partial charge in [0.15, 0.2) is 0 Å². The van der Waals surface area contributed by atoms with Crippen LogP contribution in [0.3, 0.4) is 0 Å². The topological polar surface area (TPSA) is 134 Å². The molecule has 2 unspecified atom stereocenters. The number of sulfone groups is 1. The molecular weight excluding hydrogens is 501 g/mol. The van der Waals surface area contributed by atoms with Crippen molar-refractivity contribution in [3.05, 3.63) is 42.6 Å². The lowest BCUT2D eigenvalue weighted by Gasteiger charge is -2.22. The van der Waals surface area contributed by atoms with Gasteiger partial charge in [-0.3, -0.25) is 14.4 Å². The molecule has 1 aliphatic carbocycles. The van der Waals surface area contributed by atoms with Crippen LogP contribution < -0.4 is 14.5 Å². The Hall–Kier alpha value is -3.20. The monoisotopic (exact) mass is 518 g/mol. The van der Waals surface area contributed by atoms with Crippen molar-refractivity contribution >= 4 is 49.0 Å². The highest BCUT2D eigenvalue weighted by Gasteiger charge is 2.70. The fraction of sp³-hybridized carbons (Fsp3) is 0.316. The highest BCUT2D eigenvalue weighted by atomic mass is 32.2. The number of halogens is 3. The highest BCUT2D eigenvalue weighted by Crippen LogP contribution is 2.55. The Bertz CT molecular complexity index is 1410. The molecule has 3 amide bonds. The number of anilines is 3. The van der Waals surface area contributed by atoms with Crippen LogP contribution in [0.5, 0.6) is 0 Å². The van der Waals surface area contributed by atoms with Crippen molar-refractivity contribution < 1.29 is 39.6 Å². The van der Waals surface area contributed by atoms with Gasteiger partial charge in [0.1, 0.15) is 11.4 Å². The Balaban J connectivity index is 1.73. The van der Waals surface area contributed by atoms with E-state index in [-0.39, 0.29) is 23.1 Å². The van der Waals surface area contributed by atoms with E-state index in [1.807, 2.05) is 0 Å². The number of sulfonamides is 1. The van der Waals surface area contributed by atoms with Crippen LogP contribution in [0.25, 0.3) is 0 Å². The molecule has 0 radical (unpaired) electrons. The molecule has 2 aliphatic rings. The summed E-state index contributed by atoms with van der Waals surface area (Å²) in [5.74, 6) is -0.979. The van der Waals surface area contributed by atoms with E-state index >= 15 is 0 Å². The van der Waals surface area contributed by atoms with Gasteiger partial charge in [-0.05, 0) is 42.7 Å². The largest absolute Gasteiger partial charge is 0.501 e. The van der Waals surface area contributed by atoms with Crippen molar-refractivity contribution in [2.45, 2.75) is 29.3 Å². The zero-order valence-electron chi connectivity index (χ0n) is 17.6. The maximum atomic E-state index is 13.3. The van der Waals surface area contributed by atoms with Crippen molar-refractivity contribution in [2.75, 3.05) is 20.8 Å². The van der Waals surface area contributed by atoms with Gasteiger partial charge in [0, 0.05) is 12.3 Å². The van der Waals surface area contributed by atoms with E-state index < -0.39 is 47.7 Å². The third-order valence-electron chi connectivity index (χ3n) is 5.63. The lowest BCUT2D eigenvalue weighted by Crippen LogP contribution is -2.39. The normalized spacial score (nSPS) is 23.0. The summed E-state index contributed by atoms with van der Waals surface area (Å²) in [7, 11) is -9.27. The van der Waals surface area contributed by atoms with E-state index in [4.69, 9.17) is 0 Å². The molecule has 182 valence electrons. The van der Waals surface area contributed by atoms with Gasteiger partial charge in [0.2, 0.25) is 10.0 Å². The second-order valence-corrected chi connectivity index (χ2v) is 11.7. The third-order valence-corrected chi connectivity index (χ3v) is 7.71. The molecule has 1 N–H and O–H groups in total. The minimum atomic E-state index is -5.60. The first-order valence-corrected chi connectivity index (χ1v) is 13.0. The maximum absolute atomic E-state index is 13.3. The Morgan fingerprint density at radius 1 is 1.06 bits per heavy atom. The van der Waals surface area contributed by atoms with Crippen LogP contribution in [0.2, 0.25) is 0 Å². The summed E-state index contributed by atoms with van der Waals surface area (Å²) in [5.41, 5.74) is -6.70. The summed E-state index contributed by atoms with van der Waals surface area (Å²) in [4.78, 5) is 31.4. The number of carbonyl (C=O) groups is 2. The maximum Gasteiger partial charge on any atom is 0.501 e. The molecule has 4 rings (SSSR count). The van der Waals surface area contributed by atoms with Crippen LogP contribution in [0.1, 0.15) is 13.3 Å². The van der Waals surface area contributed by atoms with Crippen LogP contribution in [0.4, 0.5) is 35.2 Å². The van der Waals surface area contributed by atoms with Crippen molar-refractivity contribution in [2.24, 2.45) is 5.92 Å². The van der Waals surface area contributed by atoms with Crippen LogP contribution in [-0.2, 0) is 24.7 Å². The van der Waals surface area contributed by atoms with E-state index in [0.29, 0.717) is 18.6 Å². The average molecular weight is 518 g/mol. The Morgan fingerprint density at radius 2 is 1.65 bits per heavy atom. The van der Waals surface area contributed by atoms with E-state index in [0.717, 1.165) is 23.3 Å². The molecule has 2 heterocycles. The third kappa shape index (κ3) is 3.68. The van der Waals surface area contributed by atoms with Gasteiger partial charge in [-0.15, -0.1) is 0 Å². The van der Waals surface area contributed by atoms with E-state index in [2.05, 4.69) is 9.71 Å². The predicted molar refractivity (Wildman–Crippen MR) is 114 cm³/mol. The van der Waals surface area contributed by atoms with Crippen molar-refractivity contribution in [3.8, 4) is 0 Å².